The Bertz CT molecular complexity index is 1760. The quantitative estimate of drug-likeness (QED) is 0.316. The number of carbonyl (C=O) groups excluding carboxylic acids is 1. The van der Waals surface area contributed by atoms with Crippen molar-refractivity contribution in [3.05, 3.63) is 107 Å². The molecule has 0 unspecified atom stereocenters. The van der Waals surface area contributed by atoms with Crippen LogP contribution in [-0.2, 0) is 9.53 Å². The normalized spacial score (nSPS) is 15.3. The van der Waals surface area contributed by atoms with Crippen LogP contribution in [0.2, 0.25) is 5.02 Å². The molecule has 0 aliphatic carbocycles. The Morgan fingerprint density at radius 1 is 1.18 bits per heavy atom. The van der Waals surface area contributed by atoms with Crippen LogP contribution >= 0.6 is 22.9 Å². The standard InChI is InChI=1S/C29H25ClN2O5S/c1-5-36-28(34)25-17(3)31-29-32(26(25)18-7-6-8-20(13-18)35-4)27(33)24(38-29)15-21-11-12-23(37-21)22-14-19(30)10-9-16(22)2/h6-15,26H,5H2,1-4H3/t26-/m1/s1. The number of carbonyl (C=O) groups is 1. The summed E-state index contributed by atoms with van der Waals surface area (Å²) < 4.78 is 18.8. The van der Waals surface area contributed by atoms with Crippen molar-refractivity contribution in [1.29, 1.82) is 0 Å². The van der Waals surface area contributed by atoms with Crippen molar-refractivity contribution < 1.29 is 18.7 Å². The highest BCUT2D eigenvalue weighted by Crippen LogP contribution is 2.32. The molecule has 0 amide bonds. The molecule has 0 fully saturated rings. The molecule has 1 atom stereocenters. The van der Waals surface area contributed by atoms with E-state index >= 15 is 0 Å². The molecule has 0 saturated heterocycles. The number of furan rings is 1. The molecular weight excluding hydrogens is 524 g/mol. The van der Waals surface area contributed by atoms with Gasteiger partial charge in [-0.05, 0) is 68.3 Å². The zero-order valence-electron chi connectivity index (χ0n) is 21.3. The molecule has 2 aromatic heterocycles. The van der Waals surface area contributed by atoms with Crippen molar-refractivity contribution >= 4 is 35.0 Å². The third kappa shape index (κ3) is 4.73. The number of rotatable bonds is 6. The summed E-state index contributed by atoms with van der Waals surface area (Å²) in [4.78, 5) is 31.9. The summed E-state index contributed by atoms with van der Waals surface area (Å²) in [5.74, 6) is 1.27. The summed E-state index contributed by atoms with van der Waals surface area (Å²) in [7, 11) is 1.57. The first kappa shape index (κ1) is 25.8. The number of thiazole rings is 1. The van der Waals surface area contributed by atoms with Crippen LogP contribution in [0.1, 0.15) is 36.8 Å². The number of aryl methyl sites for hydroxylation is 1. The Morgan fingerprint density at radius 2 is 2.00 bits per heavy atom. The van der Waals surface area contributed by atoms with E-state index in [9.17, 15) is 9.59 Å². The van der Waals surface area contributed by atoms with E-state index in [1.54, 1.807) is 27.0 Å². The van der Waals surface area contributed by atoms with Gasteiger partial charge in [0.15, 0.2) is 4.80 Å². The number of esters is 1. The number of benzene rings is 2. The second-order valence-electron chi connectivity index (χ2n) is 8.74. The van der Waals surface area contributed by atoms with Gasteiger partial charge in [0.05, 0.1) is 35.6 Å². The molecule has 1 aliphatic heterocycles. The summed E-state index contributed by atoms with van der Waals surface area (Å²) in [5.41, 5.74) is 3.15. The van der Waals surface area contributed by atoms with Crippen LogP contribution in [-0.4, -0.2) is 24.3 Å². The number of halogens is 1. The average Bonchev–Trinajstić information content (AvgIpc) is 3.49. The maximum Gasteiger partial charge on any atom is 0.338 e. The predicted molar refractivity (Wildman–Crippen MR) is 147 cm³/mol. The minimum atomic E-state index is -0.719. The van der Waals surface area contributed by atoms with Crippen molar-refractivity contribution in [2.45, 2.75) is 26.8 Å². The lowest BCUT2D eigenvalue weighted by Gasteiger charge is -2.24. The van der Waals surface area contributed by atoms with Crippen LogP contribution in [0.25, 0.3) is 17.4 Å². The molecule has 0 N–H and O–H groups in total. The summed E-state index contributed by atoms with van der Waals surface area (Å²) in [6.45, 7) is 5.68. The third-order valence-electron chi connectivity index (χ3n) is 6.29. The van der Waals surface area contributed by atoms with Gasteiger partial charge in [-0.3, -0.25) is 9.36 Å². The van der Waals surface area contributed by atoms with E-state index in [4.69, 9.17) is 25.5 Å². The van der Waals surface area contributed by atoms with Gasteiger partial charge in [-0.2, -0.15) is 0 Å². The van der Waals surface area contributed by atoms with Gasteiger partial charge in [0.1, 0.15) is 17.3 Å². The van der Waals surface area contributed by atoms with Crippen LogP contribution in [0.5, 0.6) is 5.75 Å². The summed E-state index contributed by atoms with van der Waals surface area (Å²) in [5, 5.41) is 0.613. The van der Waals surface area contributed by atoms with E-state index < -0.39 is 12.0 Å². The molecule has 0 saturated carbocycles. The summed E-state index contributed by atoms with van der Waals surface area (Å²) in [6, 6.07) is 15.8. The molecular formula is C29H25ClN2O5S. The van der Waals surface area contributed by atoms with Crippen molar-refractivity contribution in [2.75, 3.05) is 13.7 Å². The van der Waals surface area contributed by atoms with Gasteiger partial charge in [-0.25, -0.2) is 9.79 Å². The van der Waals surface area contributed by atoms with Crippen molar-refractivity contribution in [1.82, 2.24) is 4.57 Å². The Morgan fingerprint density at radius 3 is 2.76 bits per heavy atom. The van der Waals surface area contributed by atoms with E-state index in [1.807, 2.05) is 61.5 Å². The maximum absolute atomic E-state index is 13.8. The van der Waals surface area contributed by atoms with E-state index in [2.05, 4.69) is 4.99 Å². The molecule has 0 radical (unpaired) electrons. The lowest BCUT2D eigenvalue weighted by Crippen LogP contribution is -2.39. The van der Waals surface area contributed by atoms with Gasteiger partial charge in [0.25, 0.3) is 5.56 Å². The predicted octanol–water partition coefficient (Wildman–Crippen LogP) is 5.03. The minimum Gasteiger partial charge on any atom is -0.497 e. The number of allylic oxidation sites excluding steroid dienone is 1. The second-order valence-corrected chi connectivity index (χ2v) is 10.2. The fraction of sp³-hybridized carbons (Fsp3) is 0.207. The zero-order valence-corrected chi connectivity index (χ0v) is 22.9. The van der Waals surface area contributed by atoms with E-state index in [1.165, 1.54) is 15.9 Å². The first-order valence-electron chi connectivity index (χ1n) is 12.0. The van der Waals surface area contributed by atoms with Crippen LogP contribution in [0, 0.1) is 6.92 Å². The van der Waals surface area contributed by atoms with E-state index in [-0.39, 0.29) is 12.2 Å². The summed E-state index contributed by atoms with van der Waals surface area (Å²) in [6.07, 6.45) is 1.69. The Kier molecular flexibility index (Phi) is 7.10. The number of aromatic nitrogens is 1. The van der Waals surface area contributed by atoms with Crippen LogP contribution < -0.4 is 19.6 Å². The first-order valence-corrected chi connectivity index (χ1v) is 13.2. The minimum absolute atomic E-state index is 0.206. The number of fused-ring (bicyclic) bond motifs is 1. The fourth-order valence-electron chi connectivity index (χ4n) is 4.48. The van der Waals surface area contributed by atoms with Gasteiger partial charge in [0.2, 0.25) is 0 Å². The largest absolute Gasteiger partial charge is 0.497 e. The second kappa shape index (κ2) is 10.5. The molecule has 4 aromatic rings. The number of hydrogen-bond acceptors (Lipinski definition) is 7. The first-order chi connectivity index (χ1) is 18.3. The topological polar surface area (TPSA) is 83.0 Å². The van der Waals surface area contributed by atoms with Gasteiger partial charge >= 0.3 is 5.97 Å². The smallest absolute Gasteiger partial charge is 0.338 e. The Hall–Kier alpha value is -3.88. The number of ether oxygens (including phenoxy) is 2. The molecule has 2 aromatic carbocycles. The lowest BCUT2D eigenvalue weighted by atomic mass is 9.95. The molecule has 9 heteroatoms. The van der Waals surface area contributed by atoms with Gasteiger partial charge in [0, 0.05) is 16.7 Å². The lowest BCUT2D eigenvalue weighted by molar-refractivity contribution is -0.139. The summed E-state index contributed by atoms with van der Waals surface area (Å²) >= 11 is 7.42. The number of nitrogens with zero attached hydrogens (tertiary/aromatic N) is 2. The van der Waals surface area contributed by atoms with Crippen molar-refractivity contribution in [2.24, 2.45) is 4.99 Å². The number of hydrogen-bond donors (Lipinski definition) is 0. The molecule has 38 heavy (non-hydrogen) atoms. The van der Waals surface area contributed by atoms with Crippen LogP contribution in [0.15, 0.2) is 80.1 Å². The van der Waals surface area contributed by atoms with E-state index in [0.717, 1.165) is 11.1 Å². The zero-order chi connectivity index (χ0) is 27.0. The van der Waals surface area contributed by atoms with Crippen LogP contribution in [0.4, 0.5) is 0 Å². The molecule has 1 aliphatic rings. The average molecular weight is 549 g/mol. The highest BCUT2D eigenvalue weighted by atomic mass is 35.5. The van der Waals surface area contributed by atoms with Crippen LogP contribution in [0.3, 0.4) is 0 Å². The maximum atomic E-state index is 13.8. The van der Waals surface area contributed by atoms with Crippen molar-refractivity contribution in [3.63, 3.8) is 0 Å². The van der Waals surface area contributed by atoms with Gasteiger partial charge in [-0.15, -0.1) is 0 Å². The molecule has 5 rings (SSSR count). The van der Waals surface area contributed by atoms with E-state index in [0.29, 0.717) is 48.5 Å². The fourth-order valence-corrected chi connectivity index (χ4v) is 5.68. The Labute approximate surface area is 227 Å². The third-order valence-corrected chi connectivity index (χ3v) is 7.51. The number of methoxy groups -OCH3 is 1. The van der Waals surface area contributed by atoms with Crippen molar-refractivity contribution in [3.8, 4) is 17.1 Å². The molecule has 7 nitrogen and oxygen atoms in total. The molecule has 0 bridgehead atoms. The SMILES string of the molecule is CCOC(=O)C1=C(C)N=c2sc(=Cc3ccc(-c4cc(Cl)ccc4C)o3)c(=O)n2[C@@H]1c1cccc(OC)c1. The molecule has 0 spiro atoms. The molecule has 194 valence electrons. The highest BCUT2D eigenvalue weighted by molar-refractivity contribution is 7.07. The molecule has 3 heterocycles. The Balaban J connectivity index is 1.65. The monoisotopic (exact) mass is 548 g/mol. The van der Waals surface area contributed by atoms with Gasteiger partial charge in [-0.1, -0.05) is 41.1 Å². The highest BCUT2D eigenvalue weighted by Gasteiger charge is 2.33. The van der Waals surface area contributed by atoms with Gasteiger partial charge < -0.3 is 13.9 Å².